The molecule has 2 N–H and O–H groups in total. The number of carbonyl (C=O) groups is 2. The lowest BCUT2D eigenvalue weighted by atomic mass is 10.1. The lowest BCUT2D eigenvalue weighted by molar-refractivity contribution is -0.384. The van der Waals surface area contributed by atoms with E-state index in [-0.39, 0.29) is 17.2 Å². The van der Waals surface area contributed by atoms with Crippen molar-refractivity contribution < 1.29 is 19.6 Å². The van der Waals surface area contributed by atoms with Gasteiger partial charge in [-0.2, -0.15) is 0 Å². The van der Waals surface area contributed by atoms with E-state index in [4.69, 9.17) is 5.11 Å². The fourth-order valence-corrected chi connectivity index (χ4v) is 2.31. The van der Waals surface area contributed by atoms with E-state index in [1.807, 2.05) is 0 Å². The first-order chi connectivity index (χ1) is 9.47. The Morgan fingerprint density at radius 2 is 1.80 bits per heavy atom. The Hall–Kier alpha value is -2.44. The van der Waals surface area contributed by atoms with Crippen molar-refractivity contribution in [2.24, 2.45) is 0 Å². The number of hydrogen-bond acceptors (Lipinski definition) is 4. The van der Waals surface area contributed by atoms with Gasteiger partial charge in [-0.1, -0.05) is 12.8 Å². The molecule has 0 atom stereocenters. The number of aromatic carboxylic acids is 1. The van der Waals surface area contributed by atoms with Gasteiger partial charge in [-0.15, -0.1) is 0 Å². The van der Waals surface area contributed by atoms with Gasteiger partial charge in [-0.25, -0.2) is 4.79 Å². The molecule has 0 bridgehead atoms. The predicted molar refractivity (Wildman–Crippen MR) is 69.8 cm³/mol. The lowest BCUT2D eigenvalue weighted by Gasteiger charge is -2.12. The minimum atomic E-state index is -1.30. The number of benzene rings is 1. The van der Waals surface area contributed by atoms with Crippen LogP contribution in [0.3, 0.4) is 0 Å². The number of nitro benzene ring substituents is 1. The van der Waals surface area contributed by atoms with Crippen LogP contribution in [0.2, 0.25) is 0 Å². The van der Waals surface area contributed by atoms with E-state index < -0.39 is 22.5 Å². The van der Waals surface area contributed by atoms with Gasteiger partial charge in [-0.3, -0.25) is 14.9 Å². The molecule has 1 aromatic carbocycles. The van der Waals surface area contributed by atoms with Gasteiger partial charge in [0.1, 0.15) is 0 Å². The van der Waals surface area contributed by atoms with E-state index >= 15 is 0 Å². The number of hydrogen-bond donors (Lipinski definition) is 2. The summed E-state index contributed by atoms with van der Waals surface area (Å²) in [6, 6.07) is 3.25. The summed E-state index contributed by atoms with van der Waals surface area (Å²) in [5.41, 5.74) is -0.666. The Balaban J connectivity index is 2.26. The average Bonchev–Trinajstić information content (AvgIpc) is 2.90. The van der Waals surface area contributed by atoms with Gasteiger partial charge in [0, 0.05) is 23.7 Å². The first kappa shape index (κ1) is 14.0. The highest BCUT2D eigenvalue weighted by Crippen LogP contribution is 2.20. The molecule has 0 heterocycles. The quantitative estimate of drug-likeness (QED) is 0.646. The number of non-ortho nitro benzene ring substituents is 1. The van der Waals surface area contributed by atoms with Crippen LogP contribution in [0.1, 0.15) is 46.4 Å². The normalized spacial score (nSPS) is 15.0. The Morgan fingerprint density at radius 3 is 2.35 bits per heavy atom. The third-order valence-electron chi connectivity index (χ3n) is 3.33. The number of nitro groups is 1. The molecular formula is C13H14N2O5. The second kappa shape index (κ2) is 5.68. The summed E-state index contributed by atoms with van der Waals surface area (Å²) in [6.07, 6.45) is 3.85. The Bertz CT molecular complexity index is 532. The van der Waals surface area contributed by atoms with E-state index in [0.717, 1.165) is 43.9 Å². The van der Waals surface area contributed by atoms with Crippen LogP contribution in [0.4, 0.5) is 5.69 Å². The van der Waals surface area contributed by atoms with Gasteiger partial charge in [0.25, 0.3) is 11.6 Å². The molecule has 0 aliphatic heterocycles. The topological polar surface area (TPSA) is 110 Å². The van der Waals surface area contributed by atoms with Gasteiger partial charge < -0.3 is 10.4 Å². The van der Waals surface area contributed by atoms with Crippen molar-refractivity contribution in [3.8, 4) is 0 Å². The summed E-state index contributed by atoms with van der Waals surface area (Å²) in [4.78, 5) is 33.0. The van der Waals surface area contributed by atoms with E-state index in [0.29, 0.717) is 0 Å². The van der Waals surface area contributed by atoms with Gasteiger partial charge in [-0.05, 0) is 18.9 Å². The molecule has 1 amide bonds. The van der Waals surface area contributed by atoms with E-state index in [2.05, 4.69) is 5.32 Å². The fraction of sp³-hybridized carbons (Fsp3) is 0.385. The van der Waals surface area contributed by atoms with Crippen LogP contribution in [0.5, 0.6) is 0 Å². The second-order valence-electron chi connectivity index (χ2n) is 4.79. The van der Waals surface area contributed by atoms with Gasteiger partial charge in [0.15, 0.2) is 0 Å². The van der Waals surface area contributed by atoms with Gasteiger partial charge in [0.05, 0.1) is 10.5 Å². The number of carboxylic acid groups (broad SMARTS) is 1. The second-order valence-corrected chi connectivity index (χ2v) is 4.79. The Morgan fingerprint density at radius 1 is 1.20 bits per heavy atom. The van der Waals surface area contributed by atoms with Crippen molar-refractivity contribution in [3.63, 3.8) is 0 Å². The molecule has 7 nitrogen and oxygen atoms in total. The zero-order chi connectivity index (χ0) is 14.7. The number of carbonyl (C=O) groups excluding carboxylic acids is 1. The lowest BCUT2D eigenvalue weighted by Crippen LogP contribution is -2.32. The SMILES string of the molecule is O=C(O)c1cc(C(=O)NC2CCCC2)cc([N+](=O)[O-])c1. The highest BCUT2D eigenvalue weighted by molar-refractivity contribution is 5.98. The minimum Gasteiger partial charge on any atom is -0.478 e. The molecule has 1 aliphatic carbocycles. The number of nitrogens with zero attached hydrogens (tertiary/aromatic N) is 1. The van der Waals surface area contributed by atoms with Gasteiger partial charge >= 0.3 is 5.97 Å². The molecule has 0 saturated heterocycles. The highest BCUT2D eigenvalue weighted by Gasteiger charge is 2.21. The summed E-state index contributed by atoms with van der Waals surface area (Å²) in [5.74, 6) is -1.77. The molecule has 1 aromatic rings. The third-order valence-corrected chi connectivity index (χ3v) is 3.33. The summed E-state index contributed by atoms with van der Waals surface area (Å²) in [7, 11) is 0. The number of amides is 1. The highest BCUT2D eigenvalue weighted by atomic mass is 16.6. The summed E-state index contributed by atoms with van der Waals surface area (Å²) < 4.78 is 0. The fourth-order valence-electron chi connectivity index (χ4n) is 2.31. The van der Waals surface area contributed by atoms with Crippen molar-refractivity contribution in [2.45, 2.75) is 31.7 Å². The zero-order valence-electron chi connectivity index (χ0n) is 10.7. The third kappa shape index (κ3) is 3.11. The predicted octanol–water partition coefficient (Wildman–Crippen LogP) is 1.97. The largest absolute Gasteiger partial charge is 0.478 e. The molecule has 106 valence electrons. The van der Waals surface area contributed by atoms with Crippen molar-refractivity contribution in [3.05, 3.63) is 39.4 Å². The zero-order valence-corrected chi connectivity index (χ0v) is 10.7. The van der Waals surface area contributed by atoms with Crippen LogP contribution in [-0.4, -0.2) is 27.9 Å². The Labute approximate surface area is 114 Å². The summed E-state index contributed by atoms with van der Waals surface area (Å²) >= 11 is 0. The number of carboxylic acids is 1. The van der Waals surface area contributed by atoms with Crippen LogP contribution in [0.15, 0.2) is 18.2 Å². The molecule has 1 aliphatic rings. The van der Waals surface area contributed by atoms with E-state index in [1.54, 1.807) is 0 Å². The van der Waals surface area contributed by atoms with Crippen molar-refractivity contribution in [2.75, 3.05) is 0 Å². The molecular weight excluding hydrogens is 264 g/mol. The van der Waals surface area contributed by atoms with Crippen molar-refractivity contribution >= 4 is 17.6 Å². The number of nitrogens with one attached hydrogen (secondary N) is 1. The van der Waals surface area contributed by atoms with Crippen LogP contribution < -0.4 is 5.32 Å². The van der Waals surface area contributed by atoms with E-state index in [9.17, 15) is 19.7 Å². The molecule has 0 unspecified atom stereocenters. The summed E-state index contributed by atoms with van der Waals surface area (Å²) in [6.45, 7) is 0. The van der Waals surface area contributed by atoms with Crippen LogP contribution in [-0.2, 0) is 0 Å². The average molecular weight is 278 g/mol. The van der Waals surface area contributed by atoms with Crippen LogP contribution in [0, 0.1) is 10.1 Å². The molecule has 1 fully saturated rings. The van der Waals surface area contributed by atoms with Crippen molar-refractivity contribution in [1.82, 2.24) is 5.32 Å². The number of rotatable bonds is 4. The Kier molecular flexibility index (Phi) is 3.97. The minimum absolute atomic E-state index is 0.00324. The first-order valence-electron chi connectivity index (χ1n) is 6.31. The molecule has 7 heteroatoms. The molecule has 2 rings (SSSR count). The standard InChI is InChI=1S/C13H14N2O5/c16-12(14-10-3-1-2-4-10)8-5-9(13(17)18)7-11(6-8)15(19)20/h5-7,10H,1-4H2,(H,14,16)(H,17,18). The maximum absolute atomic E-state index is 12.0. The first-order valence-corrected chi connectivity index (χ1v) is 6.31. The van der Waals surface area contributed by atoms with Crippen molar-refractivity contribution in [1.29, 1.82) is 0 Å². The maximum Gasteiger partial charge on any atom is 0.335 e. The molecule has 20 heavy (non-hydrogen) atoms. The van der Waals surface area contributed by atoms with E-state index in [1.165, 1.54) is 0 Å². The maximum atomic E-state index is 12.0. The smallest absolute Gasteiger partial charge is 0.335 e. The monoisotopic (exact) mass is 278 g/mol. The van der Waals surface area contributed by atoms with Crippen LogP contribution in [0.25, 0.3) is 0 Å². The van der Waals surface area contributed by atoms with Crippen LogP contribution >= 0.6 is 0 Å². The molecule has 0 spiro atoms. The molecule has 0 aromatic heterocycles. The summed E-state index contributed by atoms with van der Waals surface area (Å²) in [5, 5.41) is 22.5. The molecule has 1 saturated carbocycles. The van der Waals surface area contributed by atoms with Gasteiger partial charge in [0.2, 0.25) is 0 Å². The molecule has 0 radical (unpaired) electrons.